The molecule has 4 rings (SSSR count). The minimum Gasteiger partial charge on any atom is -0.310 e. The van der Waals surface area contributed by atoms with E-state index in [4.69, 9.17) is 0 Å². The van der Waals surface area contributed by atoms with Gasteiger partial charge in [-0.1, -0.05) is 54.6 Å². The van der Waals surface area contributed by atoms with Crippen LogP contribution in [0, 0.1) is 0 Å². The van der Waals surface area contributed by atoms with Crippen LogP contribution >= 0.6 is 0 Å². The number of pyridine rings is 1. The van der Waals surface area contributed by atoms with E-state index in [9.17, 15) is 13.2 Å². The summed E-state index contributed by atoms with van der Waals surface area (Å²) in [6.07, 6.45) is 3.22. The van der Waals surface area contributed by atoms with E-state index in [0.717, 1.165) is 29.5 Å². The maximum Gasteiger partial charge on any atom is 0.250 e. The fourth-order valence-corrected chi connectivity index (χ4v) is 5.03. The quantitative estimate of drug-likeness (QED) is 0.667. The molecular formula is C22H22N2O3S. The second-order valence-electron chi connectivity index (χ2n) is 7.01. The molecule has 28 heavy (non-hydrogen) atoms. The molecule has 144 valence electrons. The lowest BCUT2D eigenvalue weighted by molar-refractivity contribution is 0.476. The second kappa shape index (κ2) is 7.73. The van der Waals surface area contributed by atoms with Gasteiger partial charge in [0.15, 0.2) is 0 Å². The van der Waals surface area contributed by atoms with Gasteiger partial charge in [0.1, 0.15) is 0 Å². The summed E-state index contributed by atoms with van der Waals surface area (Å²) in [5.41, 5.74) is 2.96. The maximum atomic E-state index is 12.8. The van der Waals surface area contributed by atoms with Crippen molar-refractivity contribution in [2.24, 2.45) is 0 Å². The van der Waals surface area contributed by atoms with Crippen LogP contribution < -0.4 is 5.56 Å². The van der Waals surface area contributed by atoms with Gasteiger partial charge in [-0.05, 0) is 35.6 Å². The van der Waals surface area contributed by atoms with Crippen LogP contribution in [0.25, 0.3) is 11.1 Å². The average molecular weight is 394 g/mol. The summed E-state index contributed by atoms with van der Waals surface area (Å²) in [7, 11) is -3.54. The predicted molar refractivity (Wildman–Crippen MR) is 110 cm³/mol. The number of aromatic nitrogens is 1. The van der Waals surface area contributed by atoms with Gasteiger partial charge < -0.3 is 4.57 Å². The molecule has 5 nitrogen and oxygen atoms in total. The van der Waals surface area contributed by atoms with E-state index >= 15 is 0 Å². The lowest BCUT2D eigenvalue weighted by Crippen LogP contribution is -2.29. The molecule has 1 saturated heterocycles. The van der Waals surface area contributed by atoms with E-state index in [2.05, 4.69) is 0 Å². The Balaban J connectivity index is 1.59. The summed E-state index contributed by atoms with van der Waals surface area (Å²) in [6.45, 7) is 1.42. The van der Waals surface area contributed by atoms with Crippen LogP contribution in [0.3, 0.4) is 0 Å². The van der Waals surface area contributed by atoms with E-state index < -0.39 is 10.0 Å². The van der Waals surface area contributed by atoms with Gasteiger partial charge in [0.25, 0.3) is 5.56 Å². The molecule has 0 spiro atoms. The summed E-state index contributed by atoms with van der Waals surface area (Å²) >= 11 is 0. The van der Waals surface area contributed by atoms with Crippen molar-refractivity contribution in [3.8, 4) is 11.1 Å². The zero-order chi connectivity index (χ0) is 19.6. The summed E-state index contributed by atoms with van der Waals surface area (Å²) in [5, 5.41) is 0. The highest BCUT2D eigenvalue weighted by atomic mass is 32.2. The predicted octanol–water partition coefficient (Wildman–Crippen LogP) is 3.35. The molecule has 0 bridgehead atoms. The van der Waals surface area contributed by atoms with Crippen LogP contribution in [-0.4, -0.2) is 30.4 Å². The Morgan fingerprint density at radius 3 is 2.11 bits per heavy atom. The van der Waals surface area contributed by atoms with Gasteiger partial charge in [-0.15, -0.1) is 0 Å². The Labute approximate surface area is 164 Å². The monoisotopic (exact) mass is 394 g/mol. The van der Waals surface area contributed by atoms with Gasteiger partial charge in [-0.3, -0.25) is 4.79 Å². The normalized spacial score (nSPS) is 15.0. The molecule has 0 N–H and O–H groups in total. The molecule has 0 radical (unpaired) electrons. The number of hydrogen-bond acceptors (Lipinski definition) is 3. The SMILES string of the molecule is O=c1ccc(S(=O)(=O)N2CCCC2)cn1Cc1ccc(-c2ccccc2)cc1. The molecule has 0 unspecified atom stereocenters. The number of nitrogens with zero attached hydrogens (tertiary/aromatic N) is 2. The summed E-state index contributed by atoms with van der Waals surface area (Å²) < 4.78 is 28.5. The molecule has 1 aromatic heterocycles. The Morgan fingerprint density at radius 1 is 0.786 bits per heavy atom. The van der Waals surface area contributed by atoms with E-state index in [0.29, 0.717) is 19.6 Å². The van der Waals surface area contributed by atoms with Crippen molar-refractivity contribution < 1.29 is 8.42 Å². The molecule has 0 aliphatic carbocycles. The molecule has 2 heterocycles. The van der Waals surface area contributed by atoms with E-state index in [1.54, 1.807) is 0 Å². The van der Waals surface area contributed by atoms with E-state index in [-0.39, 0.29) is 10.5 Å². The summed E-state index contributed by atoms with van der Waals surface area (Å²) in [5.74, 6) is 0. The first-order valence-electron chi connectivity index (χ1n) is 9.39. The Bertz CT molecular complexity index is 1110. The van der Waals surface area contributed by atoms with Crippen molar-refractivity contribution in [2.45, 2.75) is 24.3 Å². The van der Waals surface area contributed by atoms with E-state index in [1.165, 1.54) is 27.2 Å². The highest BCUT2D eigenvalue weighted by Gasteiger charge is 2.27. The van der Waals surface area contributed by atoms with Gasteiger partial charge in [0, 0.05) is 25.4 Å². The van der Waals surface area contributed by atoms with Crippen LogP contribution in [0.2, 0.25) is 0 Å². The first-order valence-corrected chi connectivity index (χ1v) is 10.8. The minimum absolute atomic E-state index is 0.176. The first-order chi connectivity index (χ1) is 13.5. The number of rotatable bonds is 5. The maximum absolute atomic E-state index is 12.8. The fourth-order valence-electron chi connectivity index (χ4n) is 3.49. The Hall–Kier alpha value is -2.70. The van der Waals surface area contributed by atoms with Crippen LogP contribution in [0.4, 0.5) is 0 Å². The fraction of sp³-hybridized carbons (Fsp3) is 0.227. The lowest BCUT2D eigenvalue weighted by Gasteiger charge is -2.16. The third kappa shape index (κ3) is 3.79. The molecule has 1 fully saturated rings. The van der Waals surface area contributed by atoms with Gasteiger partial charge in [-0.25, -0.2) is 8.42 Å². The molecule has 3 aromatic rings. The Morgan fingerprint density at radius 2 is 1.43 bits per heavy atom. The van der Waals surface area contributed by atoms with Gasteiger partial charge >= 0.3 is 0 Å². The smallest absolute Gasteiger partial charge is 0.250 e. The molecular weight excluding hydrogens is 372 g/mol. The van der Waals surface area contributed by atoms with Crippen molar-refractivity contribution in [1.29, 1.82) is 0 Å². The van der Waals surface area contributed by atoms with E-state index in [1.807, 2.05) is 54.6 Å². The summed E-state index contributed by atoms with van der Waals surface area (Å²) in [6, 6.07) is 20.8. The van der Waals surface area contributed by atoms with Crippen molar-refractivity contribution in [3.63, 3.8) is 0 Å². The van der Waals surface area contributed by atoms with Crippen molar-refractivity contribution in [3.05, 3.63) is 88.8 Å². The minimum atomic E-state index is -3.54. The van der Waals surface area contributed by atoms with Crippen LogP contribution in [0.15, 0.2) is 82.6 Å². The number of sulfonamides is 1. The zero-order valence-corrected chi connectivity index (χ0v) is 16.3. The molecule has 1 aliphatic heterocycles. The molecule has 0 amide bonds. The highest BCUT2D eigenvalue weighted by Crippen LogP contribution is 2.21. The van der Waals surface area contributed by atoms with Gasteiger partial charge in [0.05, 0.1) is 11.4 Å². The topological polar surface area (TPSA) is 59.4 Å². The van der Waals surface area contributed by atoms with Gasteiger partial charge in [-0.2, -0.15) is 4.31 Å². The van der Waals surface area contributed by atoms with Crippen LogP contribution in [0.5, 0.6) is 0 Å². The molecule has 2 aromatic carbocycles. The largest absolute Gasteiger partial charge is 0.310 e. The summed E-state index contributed by atoms with van der Waals surface area (Å²) in [4.78, 5) is 12.4. The number of hydrogen-bond donors (Lipinski definition) is 0. The van der Waals surface area contributed by atoms with Gasteiger partial charge in [0.2, 0.25) is 10.0 Å². The standard InChI is InChI=1S/C22H22N2O3S/c25-22-13-12-21(28(26,27)24-14-4-5-15-24)17-23(22)16-18-8-10-20(11-9-18)19-6-2-1-3-7-19/h1-3,6-13,17H,4-5,14-16H2. The third-order valence-electron chi connectivity index (χ3n) is 5.07. The molecule has 1 aliphatic rings. The first kappa shape index (κ1) is 18.7. The molecule has 6 heteroatoms. The average Bonchev–Trinajstić information content (AvgIpc) is 3.27. The van der Waals surface area contributed by atoms with Crippen molar-refractivity contribution in [2.75, 3.05) is 13.1 Å². The van der Waals surface area contributed by atoms with Crippen LogP contribution in [-0.2, 0) is 16.6 Å². The lowest BCUT2D eigenvalue weighted by atomic mass is 10.0. The Kier molecular flexibility index (Phi) is 5.15. The second-order valence-corrected chi connectivity index (χ2v) is 8.94. The highest BCUT2D eigenvalue weighted by molar-refractivity contribution is 7.89. The zero-order valence-electron chi connectivity index (χ0n) is 15.5. The van der Waals surface area contributed by atoms with Crippen molar-refractivity contribution in [1.82, 2.24) is 8.87 Å². The third-order valence-corrected chi connectivity index (χ3v) is 6.96. The molecule has 0 saturated carbocycles. The number of benzene rings is 2. The van der Waals surface area contributed by atoms with Crippen LogP contribution in [0.1, 0.15) is 18.4 Å². The molecule has 0 atom stereocenters. The van der Waals surface area contributed by atoms with Crippen molar-refractivity contribution >= 4 is 10.0 Å².